The molecule has 0 radical (unpaired) electrons. The lowest BCUT2D eigenvalue weighted by atomic mass is 9.78. The number of benzene rings is 1. The zero-order valence-corrected chi connectivity index (χ0v) is 12.1. The van der Waals surface area contributed by atoms with Crippen LogP contribution in [0.3, 0.4) is 0 Å². The summed E-state index contributed by atoms with van der Waals surface area (Å²) in [6.07, 6.45) is 0. The van der Waals surface area contributed by atoms with Gasteiger partial charge < -0.3 is 0 Å². The van der Waals surface area contributed by atoms with Crippen LogP contribution in [0.25, 0.3) is 0 Å². The summed E-state index contributed by atoms with van der Waals surface area (Å²) in [6.45, 7) is 8.06. The molecular formula is C16H18OS. The molecule has 1 aromatic carbocycles. The van der Waals surface area contributed by atoms with Crippen LogP contribution >= 0.6 is 11.3 Å². The smallest absolute Gasteiger partial charge is 0.173 e. The van der Waals surface area contributed by atoms with Crippen LogP contribution in [0.2, 0.25) is 0 Å². The molecule has 2 aromatic rings. The van der Waals surface area contributed by atoms with E-state index in [9.17, 15) is 4.79 Å². The Morgan fingerprint density at radius 3 is 2.22 bits per heavy atom. The van der Waals surface area contributed by atoms with Crippen LogP contribution in [0.1, 0.15) is 39.5 Å². The van der Waals surface area contributed by atoms with Crippen molar-refractivity contribution in [3.05, 3.63) is 57.3 Å². The SMILES string of the molecule is Cc1cc(C(=O)C(C)(C)c2ccccc2)c(C)s1. The monoisotopic (exact) mass is 258 g/mol. The van der Waals surface area contributed by atoms with Gasteiger partial charge in [-0.25, -0.2) is 0 Å². The van der Waals surface area contributed by atoms with E-state index in [4.69, 9.17) is 0 Å². The highest BCUT2D eigenvalue weighted by atomic mass is 32.1. The molecule has 1 aromatic heterocycles. The van der Waals surface area contributed by atoms with Crippen molar-refractivity contribution in [2.75, 3.05) is 0 Å². The Morgan fingerprint density at radius 2 is 1.72 bits per heavy atom. The van der Waals surface area contributed by atoms with E-state index >= 15 is 0 Å². The van der Waals surface area contributed by atoms with Crippen molar-refractivity contribution in [2.45, 2.75) is 33.1 Å². The van der Waals surface area contributed by atoms with E-state index in [2.05, 4.69) is 0 Å². The fraction of sp³-hybridized carbons (Fsp3) is 0.312. The summed E-state index contributed by atoms with van der Waals surface area (Å²) in [5.41, 5.74) is 1.46. The van der Waals surface area contributed by atoms with E-state index in [1.165, 1.54) is 4.88 Å². The predicted molar refractivity (Wildman–Crippen MR) is 77.6 cm³/mol. The zero-order valence-electron chi connectivity index (χ0n) is 11.3. The predicted octanol–water partition coefficient (Wildman–Crippen LogP) is 4.53. The number of ketones is 1. The molecule has 18 heavy (non-hydrogen) atoms. The summed E-state index contributed by atoms with van der Waals surface area (Å²) in [5, 5.41) is 0. The van der Waals surface area contributed by atoms with Crippen molar-refractivity contribution < 1.29 is 4.79 Å². The van der Waals surface area contributed by atoms with E-state index in [1.807, 2.05) is 64.1 Å². The third kappa shape index (κ3) is 2.25. The maximum atomic E-state index is 12.7. The Kier molecular flexibility index (Phi) is 3.40. The number of carbonyl (C=O) groups excluding carboxylic acids is 1. The second kappa shape index (κ2) is 4.69. The van der Waals surface area contributed by atoms with Crippen molar-refractivity contribution >= 4 is 17.1 Å². The van der Waals surface area contributed by atoms with Gasteiger partial charge >= 0.3 is 0 Å². The molecule has 0 N–H and O–H groups in total. The topological polar surface area (TPSA) is 17.1 Å². The minimum atomic E-state index is -0.473. The highest BCUT2D eigenvalue weighted by Gasteiger charge is 2.31. The highest BCUT2D eigenvalue weighted by molar-refractivity contribution is 7.12. The first kappa shape index (κ1) is 13.0. The van der Waals surface area contributed by atoms with Gasteiger partial charge in [-0.1, -0.05) is 30.3 Å². The Hall–Kier alpha value is -1.41. The average molecular weight is 258 g/mol. The lowest BCUT2D eigenvalue weighted by molar-refractivity contribution is 0.0908. The summed E-state index contributed by atoms with van der Waals surface area (Å²) in [6, 6.07) is 12.0. The van der Waals surface area contributed by atoms with Crippen LogP contribution in [0, 0.1) is 13.8 Å². The quantitative estimate of drug-likeness (QED) is 0.739. The second-order valence-corrected chi connectivity index (χ2v) is 6.61. The van der Waals surface area contributed by atoms with E-state index in [-0.39, 0.29) is 5.78 Å². The third-order valence-corrected chi connectivity index (χ3v) is 4.31. The van der Waals surface area contributed by atoms with Crippen LogP contribution in [-0.2, 0) is 5.41 Å². The maximum Gasteiger partial charge on any atom is 0.173 e. The third-order valence-electron chi connectivity index (χ3n) is 3.35. The number of thiophene rings is 1. The first-order valence-corrected chi connectivity index (χ1v) is 6.92. The van der Waals surface area contributed by atoms with Crippen molar-refractivity contribution in [2.24, 2.45) is 0 Å². The van der Waals surface area contributed by atoms with Crippen molar-refractivity contribution in [1.29, 1.82) is 0 Å². The van der Waals surface area contributed by atoms with Gasteiger partial charge in [0.05, 0.1) is 5.41 Å². The van der Waals surface area contributed by atoms with E-state index < -0.39 is 5.41 Å². The van der Waals surface area contributed by atoms with Gasteiger partial charge in [0, 0.05) is 15.3 Å². The Labute approximate surface area is 112 Å². The molecule has 1 heterocycles. The summed E-state index contributed by atoms with van der Waals surface area (Å²) in [4.78, 5) is 15.0. The Bertz CT molecular complexity index is 564. The Balaban J connectivity index is 2.42. The number of aryl methyl sites for hydroxylation is 2. The molecule has 0 saturated heterocycles. The molecule has 2 rings (SSSR count). The van der Waals surface area contributed by atoms with Crippen molar-refractivity contribution in [3.63, 3.8) is 0 Å². The molecule has 0 atom stereocenters. The lowest BCUT2D eigenvalue weighted by Crippen LogP contribution is -2.29. The number of hydrogen-bond acceptors (Lipinski definition) is 2. The summed E-state index contributed by atoms with van der Waals surface area (Å²) in [7, 11) is 0. The minimum absolute atomic E-state index is 0.204. The standard InChI is InChI=1S/C16H18OS/c1-11-10-14(12(2)18-11)15(17)16(3,4)13-8-6-5-7-9-13/h5-10H,1-4H3. The molecule has 2 heteroatoms. The van der Waals surface area contributed by atoms with Crippen LogP contribution in [0.4, 0.5) is 0 Å². The average Bonchev–Trinajstić information content (AvgIpc) is 2.68. The summed E-state index contributed by atoms with van der Waals surface area (Å²) in [5.74, 6) is 0.204. The van der Waals surface area contributed by atoms with Gasteiger partial charge in [0.15, 0.2) is 5.78 Å². The number of rotatable bonds is 3. The number of Topliss-reactive ketones (excluding diaryl/α,β-unsaturated/α-hetero) is 1. The highest BCUT2D eigenvalue weighted by Crippen LogP contribution is 2.31. The molecule has 94 valence electrons. The second-order valence-electron chi connectivity index (χ2n) is 5.15. The molecule has 0 aliphatic carbocycles. The molecular weight excluding hydrogens is 240 g/mol. The molecule has 0 spiro atoms. The lowest BCUT2D eigenvalue weighted by Gasteiger charge is -2.23. The fourth-order valence-corrected chi connectivity index (χ4v) is 3.10. The summed E-state index contributed by atoms with van der Waals surface area (Å²) < 4.78 is 0. The normalized spacial score (nSPS) is 11.6. The van der Waals surface area contributed by atoms with Gasteiger partial charge in [-0.3, -0.25) is 4.79 Å². The van der Waals surface area contributed by atoms with Crippen molar-refractivity contribution in [3.8, 4) is 0 Å². The van der Waals surface area contributed by atoms with Gasteiger partial charge in [-0.05, 0) is 39.3 Å². The zero-order chi connectivity index (χ0) is 13.3. The fourth-order valence-electron chi connectivity index (χ4n) is 2.18. The van der Waals surface area contributed by atoms with E-state index in [1.54, 1.807) is 11.3 Å². The molecule has 0 aliphatic rings. The van der Waals surface area contributed by atoms with Gasteiger partial charge in [-0.15, -0.1) is 11.3 Å². The van der Waals surface area contributed by atoms with Gasteiger partial charge in [0.2, 0.25) is 0 Å². The molecule has 0 fully saturated rings. The van der Waals surface area contributed by atoms with Gasteiger partial charge in [0.25, 0.3) is 0 Å². The van der Waals surface area contributed by atoms with Crippen LogP contribution in [0.5, 0.6) is 0 Å². The minimum Gasteiger partial charge on any atom is -0.293 e. The molecule has 1 nitrogen and oxygen atoms in total. The summed E-state index contributed by atoms with van der Waals surface area (Å²) >= 11 is 1.69. The van der Waals surface area contributed by atoms with Crippen LogP contribution in [0.15, 0.2) is 36.4 Å². The van der Waals surface area contributed by atoms with E-state index in [0.717, 1.165) is 16.0 Å². The first-order chi connectivity index (χ1) is 8.43. The first-order valence-electron chi connectivity index (χ1n) is 6.10. The molecule has 0 aliphatic heterocycles. The number of hydrogen-bond donors (Lipinski definition) is 0. The maximum absolute atomic E-state index is 12.7. The van der Waals surface area contributed by atoms with Gasteiger partial charge in [-0.2, -0.15) is 0 Å². The van der Waals surface area contributed by atoms with Crippen LogP contribution in [-0.4, -0.2) is 5.78 Å². The number of carbonyl (C=O) groups is 1. The molecule has 0 amide bonds. The van der Waals surface area contributed by atoms with E-state index in [0.29, 0.717) is 0 Å². The Morgan fingerprint density at radius 1 is 1.11 bits per heavy atom. The van der Waals surface area contributed by atoms with Crippen LogP contribution < -0.4 is 0 Å². The largest absolute Gasteiger partial charge is 0.293 e. The molecule has 0 saturated carbocycles. The van der Waals surface area contributed by atoms with Crippen molar-refractivity contribution in [1.82, 2.24) is 0 Å². The molecule has 0 unspecified atom stereocenters. The van der Waals surface area contributed by atoms with Gasteiger partial charge in [0.1, 0.15) is 0 Å². The molecule has 0 bridgehead atoms.